The van der Waals surface area contributed by atoms with Gasteiger partial charge in [0.15, 0.2) is 0 Å². The average Bonchev–Trinajstić information content (AvgIpc) is 2.97. The Morgan fingerprint density at radius 3 is 2.07 bits per heavy atom. The van der Waals surface area contributed by atoms with E-state index in [-0.39, 0.29) is 27.9 Å². The van der Waals surface area contributed by atoms with Crippen molar-refractivity contribution in [3.05, 3.63) is 123 Å². The van der Waals surface area contributed by atoms with Gasteiger partial charge in [0.2, 0.25) is 5.91 Å². The van der Waals surface area contributed by atoms with Crippen LogP contribution in [0.3, 0.4) is 0 Å². The predicted molar refractivity (Wildman–Crippen MR) is 177 cm³/mol. The van der Waals surface area contributed by atoms with E-state index in [0.29, 0.717) is 28.8 Å². The van der Waals surface area contributed by atoms with Gasteiger partial charge in [0.05, 0.1) is 27.4 Å². The molecule has 4 rings (SSSR count). The maximum Gasteiger partial charge on any atom is 0.266 e. The molecular weight excluding hydrogens is 638 g/mol. The summed E-state index contributed by atoms with van der Waals surface area (Å²) in [6, 6.07) is 24.0. The van der Waals surface area contributed by atoms with Crippen LogP contribution in [0.5, 0.6) is 0 Å². The molecule has 0 heterocycles. The van der Waals surface area contributed by atoms with Gasteiger partial charge in [-0.15, -0.1) is 0 Å². The highest BCUT2D eigenvalue weighted by molar-refractivity contribution is 7.85. The van der Waals surface area contributed by atoms with Gasteiger partial charge in [-0.25, -0.2) is 4.39 Å². The van der Waals surface area contributed by atoms with Gasteiger partial charge in [-0.3, -0.25) is 14.1 Å². The lowest BCUT2D eigenvalue weighted by molar-refractivity contribution is -0.117. The van der Waals surface area contributed by atoms with Crippen LogP contribution in [0.25, 0.3) is 11.1 Å². The third kappa shape index (κ3) is 9.37. The molecule has 0 saturated heterocycles. The first-order valence-electron chi connectivity index (χ1n) is 14.1. The molecule has 1 atom stereocenters. The standard InChI is InChI=1S/C34H33Cl2FN2O5S/c1-34(2,3)26-12-8-22(9-13-26)27(18-21-4-6-23(7-5-21)32(40)38-16-17-45(42,43)44)33(41)39-31-15-11-24(19-29(31)36)25-10-14-28(35)30(37)20-25/h4-15,19-20,27H,16-18H2,1-3H3,(H,38,40)(H,39,41)(H,42,43,44). The van der Waals surface area contributed by atoms with Crippen LogP contribution in [0.1, 0.15) is 53.7 Å². The van der Waals surface area contributed by atoms with Gasteiger partial charge in [0.25, 0.3) is 16.0 Å². The van der Waals surface area contributed by atoms with Gasteiger partial charge < -0.3 is 10.6 Å². The summed E-state index contributed by atoms with van der Waals surface area (Å²) < 4.78 is 44.7. The van der Waals surface area contributed by atoms with E-state index in [0.717, 1.165) is 16.7 Å². The summed E-state index contributed by atoms with van der Waals surface area (Å²) in [5.74, 6) is -2.54. The number of halogens is 3. The van der Waals surface area contributed by atoms with Gasteiger partial charge in [0.1, 0.15) is 5.82 Å². The fourth-order valence-electron chi connectivity index (χ4n) is 4.69. The lowest BCUT2D eigenvalue weighted by Crippen LogP contribution is -2.28. The third-order valence-corrected chi connectivity index (χ3v) is 8.62. The maximum atomic E-state index is 14.0. The van der Waals surface area contributed by atoms with E-state index in [1.165, 1.54) is 12.1 Å². The van der Waals surface area contributed by atoms with Gasteiger partial charge in [0, 0.05) is 12.1 Å². The Bertz CT molecular complexity index is 1810. The topological polar surface area (TPSA) is 113 Å². The molecule has 0 radical (unpaired) electrons. The second-order valence-corrected chi connectivity index (χ2v) is 14.1. The summed E-state index contributed by atoms with van der Waals surface area (Å²) in [7, 11) is -4.19. The van der Waals surface area contributed by atoms with Crippen LogP contribution in [-0.2, 0) is 26.7 Å². The van der Waals surface area contributed by atoms with E-state index in [4.69, 9.17) is 27.8 Å². The molecular formula is C34H33Cl2FN2O5S. The molecule has 0 saturated carbocycles. The first-order chi connectivity index (χ1) is 21.1. The summed E-state index contributed by atoms with van der Waals surface area (Å²) in [5.41, 5.74) is 4.56. The largest absolute Gasteiger partial charge is 0.351 e. The molecule has 45 heavy (non-hydrogen) atoms. The maximum absolute atomic E-state index is 14.0. The molecule has 0 aromatic heterocycles. The number of nitrogens with one attached hydrogen (secondary N) is 2. The zero-order valence-electron chi connectivity index (χ0n) is 24.9. The third-order valence-electron chi connectivity index (χ3n) is 7.28. The molecule has 0 fully saturated rings. The van der Waals surface area contributed by atoms with E-state index in [9.17, 15) is 22.4 Å². The lowest BCUT2D eigenvalue weighted by Gasteiger charge is -2.22. The van der Waals surface area contributed by atoms with Crippen molar-refractivity contribution in [2.45, 2.75) is 38.5 Å². The van der Waals surface area contributed by atoms with Crippen molar-refractivity contribution in [3.63, 3.8) is 0 Å². The Labute approximate surface area is 272 Å². The molecule has 0 aliphatic carbocycles. The fraction of sp³-hybridized carbons (Fsp3) is 0.235. The van der Waals surface area contributed by atoms with Crippen LogP contribution < -0.4 is 10.6 Å². The van der Waals surface area contributed by atoms with Crippen molar-refractivity contribution < 1.29 is 27.0 Å². The minimum absolute atomic E-state index is 0.0175. The number of hydrogen-bond donors (Lipinski definition) is 3. The molecule has 2 amide bonds. The lowest BCUT2D eigenvalue weighted by atomic mass is 9.84. The van der Waals surface area contributed by atoms with Crippen LogP contribution in [-0.4, -0.2) is 37.1 Å². The van der Waals surface area contributed by atoms with E-state index < -0.39 is 33.5 Å². The van der Waals surface area contributed by atoms with Crippen LogP contribution in [0.4, 0.5) is 10.1 Å². The van der Waals surface area contributed by atoms with E-state index >= 15 is 0 Å². The Balaban J connectivity index is 1.56. The molecule has 0 spiro atoms. The Morgan fingerprint density at radius 2 is 1.49 bits per heavy atom. The molecule has 4 aromatic rings. The number of carbonyl (C=O) groups is 2. The number of rotatable bonds is 10. The zero-order chi connectivity index (χ0) is 32.9. The number of hydrogen-bond acceptors (Lipinski definition) is 4. The quantitative estimate of drug-likeness (QED) is 0.150. The predicted octanol–water partition coefficient (Wildman–Crippen LogP) is 7.68. The van der Waals surface area contributed by atoms with Crippen molar-refractivity contribution in [2.24, 2.45) is 0 Å². The minimum atomic E-state index is -4.19. The summed E-state index contributed by atoms with van der Waals surface area (Å²) in [6.45, 7) is 6.09. The smallest absolute Gasteiger partial charge is 0.266 e. The molecule has 3 N–H and O–H groups in total. The number of anilines is 1. The Morgan fingerprint density at radius 1 is 0.867 bits per heavy atom. The van der Waals surface area contributed by atoms with E-state index in [2.05, 4.69) is 31.4 Å². The van der Waals surface area contributed by atoms with Crippen molar-refractivity contribution in [1.29, 1.82) is 0 Å². The van der Waals surface area contributed by atoms with Crippen LogP contribution in [0.2, 0.25) is 10.0 Å². The molecule has 0 aliphatic heterocycles. The number of carbonyl (C=O) groups excluding carboxylic acids is 2. The summed E-state index contributed by atoms with van der Waals surface area (Å²) in [6.07, 6.45) is 0.311. The molecule has 4 aromatic carbocycles. The van der Waals surface area contributed by atoms with Crippen molar-refractivity contribution in [1.82, 2.24) is 5.32 Å². The second-order valence-electron chi connectivity index (χ2n) is 11.7. The van der Waals surface area contributed by atoms with Gasteiger partial charge in [-0.05, 0) is 76.1 Å². The van der Waals surface area contributed by atoms with Crippen molar-refractivity contribution in [3.8, 4) is 11.1 Å². The second kappa shape index (κ2) is 14.1. The van der Waals surface area contributed by atoms with Crippen LogP contribution >= 0.6 is 23.2 Å². The highest BCUT2D eigenvalue weighted by Gasteiger charge is 2.24. The Hall–Kier alpha value is -3.76. The van der Waals surface area contributed by atoms with Crippen LogP contribution in [0.15, 0.2) is 84.9 Å². The van der Waals surface area contributed by atoms with Gasteiger partial charge in [-0.2, -0.15) is 8.42 Å². The monoisotopic (exact) mass is 670 g/mol. The van der Waals surface area contributed by atoms with Gasteiger partial charge in [-0.1, -0.05) is 92.5 Å². The zero-order valence-corrected chi connectivity index (χ0v) is 27.2. The average molecular weight is 672 g/mol. The molecule has 7 nitrogen and oxygen atoms in total. The highest BCUT2D eigenvalue weighted by atomic mass is 35.5. The van der Waals surface area contributed by atoms with Crippen molar-refractivity contribution >= 4 is 50.8 Å². The first-order valence-corrected chi connectivity index (χ1v) is 16.5. The highest BCUT2D eigenvalue weighted by Crippen LogP contribution is 2.32. The molecule has 236 valence electrons. The fourth-order valence-corrected chi connectivity index (χ4v) is 5.40. The van der Waals surface area contributed by atoms with Crippen LogP contribution in [0, 0.1) is 5.82 Å². The Kier molecular flexibility index (Phi) is 10.7. The van der Waals surface area contributed by atoms with Gasteiger partial charge >= 0.3 is 0 Å². The molecule has 11 heteroatoms. The van der Waals surface area contributed by atoms with E-state index in [1.54, 1.807) is 48.5 Å². The first kappa shape index (κ1) is 34.1. The molecule has 0 bridgehead atoms. The summed E-state index contributed by atoms with van der Waals surface area (Å²) in [4.78, 5) is 26.2. The normalized spacial score (nSPS) is 12.4. The number of benzene rings is 4. The van der Waals surface area contributed by atoms with E-state index in [1.807, 2.05) is 24.3 Å². The summed E-state index contributed by atoms with van der Waals surface area (Å²) >= 11 is 12.4. The molecule has 1 unspecified atom stereocenters. The molecule has 0 aliphatic rings. The summed E-state index contributed by atoms with van der Waals surface area (Å²) in [5, 5.41) is 5.69. The SMILES string of the molecule is CC(C)(C)c1ccc(C(Cc2ccc(C(=O)NCCS(=O)(=O)O)cc2)C(=O)Nc2ccc(-c3ccc(Cl)c(F)c3)cc2Cl)cc1. The minimum Gasteiger partial charge on any atom is -0.351 e. The van der Waals surface area contributed by atoms with Crippen molar-refractivity contribution in [2.75, 3.05) is 17.6 Å². The number of amides is 2.